The molecule has 0 aromatic heterocycles. The maximum absolute atomic E-state index is 13.7. The third-order valence-corrected chi connectivity index (χ3v) is 6.49. The molecule has 1 amide bonds. The van der Waals surface area contributed by atoms with Gasteiger partial charge in [-0.2, -0.15) is 4.31 Å². The van der Waals surface area contributed by atoms with Gasteiger partial charge in [0.25, 0.3) is 15.9 Å². The number of hydrogen-bond acceptors (Lipinski definition) is 7. The van der Waals surface area contributed by atoms with Gasteiger partial charge in [0.05, 0.1) is 38.5 Å². The van der Waals surface area contributed by atoms with E-state index in [9.17, 15) is 13.2 Å². The molecule has 3 aromatic rings. The minimum Gasteiger partial charge on any atom is -0.494 e. The summed E-state index contributed by atoms with van der Waals surface area (Å²) in [6, 6.07) is 16.8. The third-order valence-electron chi connectivity index (χ3n) is 4.76. The van der Waals surface area contributed by atoms with E-state index in [0.29, 0.717) is 12.4 Å². The van der Waals surface area contributed by atoms with Crippen LogP contribution in [0.15, 0.2) is 71.6 Å². The molecule has 0 saturated heterocycles. The Morgan fingerprint density at radius 3 is 1.91 bits per heavy atom. The maximum Gasteiger partial charge on any atom is 0.272 e. The van der Waals surface area contributed by atoms with Gasteiger partial charge < -0.3 is 18.9 Å². The molecule has 0 bridgehead atoms. The van der Waals surface area contributed by atoms with Gasteiger partial charge in [-0.3, -0.25) is 4.79 Å². The van der Waals surface area contributed by atoms with Crippen molar-refractivity contribution in [3.63, 3.8) is 0 Å². The van der Waals surface area contributed by atoms with Gasteiger partial charge in [0.1, 0.15) is 5.75 Å². The minimum absolute atomic E-state index is 0.0281. The number of benzene rings is 3. The van der Waals surface area contributed by atoms with E-state index in [2.05, 4.69) is 0 Å². The Kier molecular flexibility index (Phi) is 7.44. The van der Waals surface area contributed by atoms with E-state index in [1.54, 1.807) is 30.3 Å². The van der Waals surface area contributed by atoms with Crippen molar-refractivity contribution in [1.82, 2.24) is 0 Å². The highest BCUT2D eigenvalue weighted by Gasteiger charge is 2.33. The maximum atomic E-state index is 13.7. The van der Waals surface area contributed by atoms with Crippen LogP contribution in [0, 0.1) is 0 Å². The van der Waals surface area contributed by atoms with Crippen molar-refractivity contribution < 1.29 is 32.2 Å². The molecule has 0 saturated carbocycles. The van der Waals surface area contributed by atoms with Crippen LogP contribution in [0.2, 0.25) is 0 Å². The van der Waals surface area contributed by atoms with Crippen molar-refractivity contribution in [2.24, 2.45) is 0 Å². The molecule has 0 aliphatic heterocycles. The zero-order valence-electron chi connectivity index (χ0n) is 18.8. The fourth-order valence-corrected chi connectivity index (χ4v) is 4.66. The fourth-order valence-electron chi connectivity index (χ4n) is 3.23. The van der Waals surface area contributed by atoms with Gasteiger partial charge in [0.2, 0.25) is 5.75 Å². The van der Waals surface area contributed by atoms with Crippen LogP contribution in [0.25, 0.3) is 0 Å². The summed E-state index contributed by atoms with van der Waals surface area (Å²) in [6.07, 6.45) is 0. The summed E-state index contributed by atoms with van der Waals surface area (Å²) in [5.74, 6) is 0.504. The number of ether oxygens (including phenoxy) is 4. The highest BCUT2D eigenvalue weighted by atomic mass is 32.2. The van der Waals surface area contributed by atoms with Gasteiger partial charge in [-0.05, 0) is 55.5 Å². The number of sulfonamides is 1. The average Bonchev–Trinajstić information content (AvgIpc) is 2.84. The molecule has 0 aliphatic carbocycles. The van der Waals surface area contributed by atoms with Crippen LogP contribution in [0.3, 0.4) is 0 Å². The molecule has 3 aromatic carbocycles. The van der Waals surface area contributed by atoms with Crippen molar-refractivity contribution in [1.29, 1.82) is 0 Å². The Hall–Kier alpha value is -3.72. The van der Waals surface area contributed by atoms with Crippen LogP contribution < -0.4 is 23.3 Å². The highest BCUT2D eigenvalue weighted by molar-refractivity contribution is 7.93. The summed E-state index contributed by atoms with van der Waals surface area (Å²) in [6.45, 7) is 2.30. The number of methoxy groups -OCH3 is 3. The standard InChI is InChI=1S/C24H25NO7S/c1-5-32-19-13-11-18(12-14-19)25(33(27,28)20-9-7-6-8-10-20)24(26)17-15-21(29-2)23(31-4)22(16-17)30-3/h6-16H,5H2,1-4H3. The largest absolute Gasteiger partial charge is 0.494 e. The molecule has 0 N–H and O–H groups in total. The Morgan fingerprint density at radius 2 is 1.42 bits per heavy atom. The lowest BCUT2D eigenvalue weighted by molar-refractivity contribution is 0.100. The molecule has 174 valence electrons. The third kappa shape index (κ3) is 4.88. The van der Waals surface area contributed by atoms with E-state index in [0.717, 1.165) is 4.31 Å². The molecule has 0 heterocycles. The molecule has 8 nitrogen and oxygen atoms in total. The molecule has 0 fully saturated rings. The van der Waals surface area contributed by atoms with E-state index >= 15 is 0 Å². The van der Waals surface area contributed by atoms with Gasteiger partial charge in [0.15, 0.2) is 11.5 Å². The average molecular weight is 472 g/mol. The molecule has 0 spiro atoms. The molecule has 0 unspecified atom stereocenters. The lowest BCUT2D eigenvalue weighted by Crippen LogP contribution is -2.37. The SMILES string of the molecule is CCOc1ccc(N(C(=O)c2cc(OC)c(OC)c(OC)c2)S(=O)(=O)c2ccccc2)cc1. The second-order valence-corrected chi connectivity index (χ2v) is 8.52. The number of nitrogens with zero attached hydrogens (tertiary/aromatic N) is 1. The van der Waals surface area contributed by atoms with Crippen LogP contribution in [0.4, 0.5) is 5.69 Å². The molecule has 9 heteroatoms. The quantitative estimate of drug-likeness (QED) is 0.463. The summed E-state index contributed by atoms with van der Waals surface area (Å²) in [4.78, 5) is 13.6. The Morgan fingerprint density at radius 1 is 0.848 bits per heavy atom. The van der Waals surface area contributed by atoms with Gasteiger partial charge in [-0.25, -0.2) is 8.42 Å². The van der Waals surface area contributed by atoms with Gasteiger partial charge in [0, 0.05) is 5.56 Å². The van der Waals surface area contributed by atoms with Crippen molar-refractivity contribution in [3.05, 3.63) is 72.3 Å². The molecule has 33 heavy (non-hydrogen) atoms. The summed E-state index contributed by atoms with van der Waals surface area (Å²) in [7, 11) is 0.0134. The van der Waals surface area contributed by atoms with Crippen LogP contribution in [-0.4, -0.2) is 42.3 Å². The molecule has 0 atom stereocenters. The zero-order valence-corrected chi connectivity index (χ0v) is 19.6. The topological polar surface area (TPSA) is 91.4 Å². The lowest BCUT2D eigenvalue weighted by Gasteiger charge is -2.24. The second kappa shape index (κ2) is 10.3. The van der Waals surface area contributed by atoms with E-state index in [1.807, 2.05) is 6.92 Å². The number of carbonyl (C=O) groups excluding carboxylic acids is 1. The van der Waals surface area contributed by atoms with Gasteiger partial charge >= 0.3 is 0 Å². The van der Waals surface area contributed by atoms with Crippen molar-refractivity contribution >= 4 is 21.6 Å². The van der Waals surface area contributed by atoms with E-state index in [4.69, 9.17) is 18.9 Å². The van der Waals surface area contributed by atoms with Gasteiger partial charge in [-0.1, -0.05) is 18.2 Å². The van der Waals surface area contributed by atoms with Gasteiger partial charge in [-0.15, -0.1) is 0 Å². The first-order chi connectivity index (χ1) is 15.9. The molecule has 0 aliphatic rings. The van der Waals surface area contributed by atoms with Crippen molar-refractivity contribution in [2.75, 3.05) is 32.2 Å². The van der Waals surface area contributed by atoms with Crippen LogP contribution >= 0.6 is 0 Å². The number of rotatable bonds is 9. The fraction of sp³-hybridized carbons (Fsp3) is 0.208. The van der Waals surface area contributed by atoms with Crippen molar-refractivity contribution in [3.8, 4) is 23.0 Å². The Balaban J connectivity index is 2.18. The normalized spacial score (nSPS) is 10.9. The van der Waals surface area contributed by atoms with Crippen LogP contribution in [0.1, 0.15) is 17.3 Å². The smallest absolute Gasteiger partial charge is 0.272 e. The van der Waals surface area contributed by atoms with Crippen LogP contribution in [-0.2, 0) is 10.0 Å². The highest BCUT2D eigenvalue weighted by Crippen LogP contribution is 2.39. The summed E-state index contributed by atoms with van der Waals surface area (Å²) < 4.78 is 49.3. The first-order valence-electron chi connectivity index (χ1n) is 10.0. The summed E-state index contributed by atoms with van der Waals surface area (Å²) in [5, 5.41) is 0. The number of amides is 1. The molecule has 3 rings (SSSR count). The minimum atomic E-state index is -4.25. The molecule has 0 radical (unpaired) electrons. The van der Waals surface area contributed by atoms with Crippen LogP contribution in [0.5, 0.6) is 23.0 Å². The number of anilines is 1. The Bertz CT molecular complexity index is 1180. The second-order valence-electron chi connectivity index (χ2n) is 6.73. The van der Waals surface area contributed by atoms with E-state index in [-0.39, 0.29) is 33.4 Å². The number of carbonyl (C=O) groups is 1. The zero-order chi connectivity index (χ0) is 24.0. The summed E-state index contributed by atoms with van der Waals surface area (Å²) in [5.41, 5.74) is 0.193. The molecular weight excluding hydrogens is 446 g/mol. The monoisotopic (exact) mass is 471 g/mol. The van der Waals surface area contributed by atoms with E-state index in [1.165, 1.54) is 57.7 Å². The first-order valence-corrected chi connectivity index (χ1v) is 11.5. The van der Waals surface area contributed by atoms with Crippen molar-refractivity contribution in [2.45, 2.75) is 11.8 Å². The van der Waals surface area contributed by atoms with E-state index < -0.39 is 15.9 Å². The predicted molar refractivity (Wildman–Crippen MR) is 124 cm³/mol. The number of hydrogen-bond donors (Lipinski definition) is 0. The summed E-state index contributed by atoms with van der Waals surface area (Å²) >= 11 is 0. The Labute approximate surface area is 193 Å². The first kappa shape index (κ1) is 23.9. The molecular formula is C24H25NO7S. The lowest BCUT2D eigenvalue weighted by atomic mass is 10.1. The predicted octanol–water partition coefficient (Wildman–Crippen LogP) is 4.15.